The Morgan fingerprint density at radius 2 is 1.15 bits per heavy atom. The van der Waals surface area contributed by atoms with E-state index < -0.39 is 30.2 Å². The summed E-state index contributed by atoms with van der Waals surface area (Å²) in [5.41, 5.74) is 0. The van der Waals surface area contributed by atoms with Crippen molar-refractivity contribution >= 4 is 18.0 Å². The van der Waals surface area contributed by atoms with Gasteiger partial charge in [-0.3, -0.25) is 19.3 Å². The van der Waals surface area contributed by atoms with Crippen LogP contribution in [0.3, 0.4) is 0 Å². The summed E-state index contributed by atoms with van der Waals surface area (Å²) in [5.74, 6) is -0.220. The van der Waals surface area contributed by atoms with Crippen molar-refractivity contribution in [3.8, 4) is 0 Å². The maximum Gasteiger partial charge on any atom is 0.509 e. The van der Waals surface area contributed by atoms with E-state index in [0.717, 1.165) is 35.8 Å². The van der Waals surface area contributed by atoms with E-state index in [0.29, 0.717) is 24.7 Å². The van der Waals surface area contributed by atoms with Crippen molar-refractivity contribution in [2.75, 3.05) is 28.3 Å². The Hall–Kier alpha value is -1.87. The lowest BCUT2D eigenvalue weighted by Crippen LogP contribution is -2.42. The molecule has 26 heavy (non-hydrogen) atoms. The van der Waals surface area contributed by atoms with Gasteiger partial charge in [-0.15, -0.1) is 0 Å². The van der Waals surface area contributed by atoms with Crippen molar-refractivity contribution in [1.29, 1.82) is 0 Å². The van der Waals surface area contributed by atoms with E-state index >= 15 is 0 Å². The molecule has 2 atom stereocenters. The van der Waals surface area contributed by atoms with E-state index in [1.807, 2.05) is 0 Å². The molecular weight excluding hydrogens is 344 g/mol. The zero-order chi connectivity index (χ0) is 19.3. The van der Waals surface area contributed by atoms with Crippen LogP contribution in [-0.2, 0) is 28.7 Å². The van der Waals surface area contributed by atoms with Crippen molar-refractivity contribution in [2.45, 2.75) is 50.7 Å². The molecule has 0 heterocycles. The second-order valence-electron chi connectivity index (χ2n) is 6.86. The Labute approximate surface area is 153 Å². The largest absolute Gasteiger partial charge is 0.509 e. The number of rotatable bonds is 10. The minimum Gasteiger partial charge on any atom is -0.421 e. The number of ether oxygens (including phenoxy) is 2. The van der Waals surface area contributed by atoms with Crippen LogP contribution in [0.25, 0.3) is 0 Å². The first-order valence-corrected chi connectivity index (χ1v) is 8.86. The van der Waals surface area contributed by atoms with Gasteiger partial charge in [0, 0.05) is 14.1 Å². The number of hydrogen-bond donors (Lipinski definition) is 0. The van der Waals surface area contributed by atoms with Crippen molar-refractivity contribution in [1.82, 2.24) is 10.1 Å². The first kappa shape index (κ1) is 20.4. The lowest BCUT2D eigenvalue weighted by atomic mass is 10.1. The topological polar surface area (TPSA) is 94.6 Å². The monoisotopic (exact) mass is 372 g/mol. The van der Waals surface area contributed by atoms with Crippen molar-refractivity contribution in [3.63, 3.8) is 0 Å². The Balaban J connectivity index is 1.96. The third-order valence-electron chi connectivity index (χ3n) is 4.68. The Bertz CT molecular complexity index is 475. The van der Waals surface area contributed by atoms with E-state index in [-0.39, 0.29) is 0 Å². The molecule has 2 aliphatic carbocycles. The fraction of sp³-hybridized carbons (Fsp3) is 0.824. The second kappa shape index (κ2) is 9.18. The molecule has 2 saturated carbocycles. The van der Waals surface area contributed by atoms with Crippen molar-refractivity contribution < 1.29 is 33.5 Å². The van der Waals surface area contributed by atoms with Crippen LogP contribution in [0.4, 0.5) is 4.79 Å². The fourth-order valence-corrected chi connectivity index (χ4v) is 2.56. The zero-order valence-electron chi connectivity index (χ0n) is 15.8. The molecule has 0 aliphatic heterocycles. The first-order chi connectivity index (χ1) is 12.3. The predicted octanol–water partition coefficient (Wildman–Crippen LogP) is 1.52. The maximum absolute atomic E-state index is 12.3. The third kappa shape index (κ3) is 6.14. The molecule has 0 aromatic rings. The average molecular weight is 372 g/mol. The smallest absolute Gasteiger partial charge is 0.421 e. The molecule has 0 N–H and O–H groups in total. The van der Waals surface area contributed by atoms with Gasteiger partial charge < -0.3 is 9.47 Å². The number of hydrogen-bond acceptors (Lipinski definition) is 7. The fourth-order valence-electron chi connectivity index (χ4n) is 2.56. The molecule has 2 amide bonds. The van der Waals surface area contributed by atoms with Gasteiger partial charge in [0.25, 0.3) is 11.8 Å². The van der Waals surface area contributed by atoms with Crippen LogP contribution >= 0.6 is 0 Å². The lowest BCUT2D eigenvalue weighted by molar-refractivity contribution is -0.183. The summed E-state index contributed by atoms with van der Waals surface area (Å²) in [4.78, 5) is 46.6. The minimum atomic E-state index is -1.03. The summed E-state index contributed by atoms with van der Waals surface area (Å²) in [7, 11) is 5.61. The molecular formula is C17H28N2O7. The van der Waals surface area contributed by atoms with E-state index in [4.69, 9.17) is 19.1 Å². The number of carbonyl (C=O) groups excluding carboxylic acids is 3. The van der Waals surface area contributed by atoms with Gasteiger partial charge in [0.1, 0.15) is 0 Å². The van der Waals surface area contributed by atoms with Crippen molar-refractivity contribution in [3.05, 3.63) is 0 Å². The normalized spacial score (nSPS) is 18.6. The zero-order valence-corrected chi connectivity index (χ0v) is 15.8. The quantitative estimate of drug-likeness (QED) is 0.424. The molecule has 0 saturated heterocycles. The third-order valence-corrected chi connectivity index (χ3v) is 4.68. The van der Waals surface area contributed by atoms with E-state index in [1.54, 1.807) is 0 Å². The molecule has 2 aliphatic rings. The number of nitrogens with zero attached hydrogens (tertiary/aromatic N) is 2. The van der Waals surface area contributed by atoms with E-state index in [2.05, 4.69) is 0 Å². The van der Waals surface area contributed by atoms with Crippen LogP contribution < -0.4 is 0 Å². The summed E-state index contributed by atoms with van der Waals surface area (Å²) in [6.07, 6.45) is 1.83. The average Bonchev–Trinajstić information content (AvgIpc) is 3.53. The molecule has 2 fully saturated rings. The van der Waals surface area contributed by atoms with Gasteiger partial charge in [-0.05, 0) is 24.7 Å². The highest BCUT2D eigenvalue weighted by molar-refractivity contribution is 5.84. The van der Waals surface area contributed by atoms with Gasteiger partial charge in [-0.2, -0.15) is 0 Å². The highest BCUT2D eigenvalue weighted by atomic mass is 16.7. The molecule has 0 aromatic heterocycles. The Morgan fingerprint density at radius 3 is 1.42 bits per heavy atom. The number of carbonyl (C=O) groups is 3. The van der Waals surface area contributed by atoms with E-state index in [1.165, 1.54) is 28.3 Å². The summed E-state index contributed by atoms with van der Waals surface area (Å²) in [6, 6.07) is 0. The van der Waals surface area contributed by atoms with Crippen LogP contribution in [-0.4, -0.2) is 68.6 Å². The Morgan fingerprint density at radius 1 is 0.808 bits per heavy atom. The molecule has 0 spiro atoms. The van der Waals surface area contributed by atoms with Gasteiger partial charge in [-0.1, -0.05) is 25.7 Å². The first-order valence-electron chi connectivity index (χ1n) is 8.86. The van der Waals surface area contributed by atoms with Crippen LogP contribution in [0.1, 0.15) is 38.5 Å². The van der Waals surface area contributed by atoms with Crippen LogP contribution in [0.5, 0.6) is 0 Å². The highest BCUT2D eigenvalue weighted by Crippen LogP contribution is 2.36. The van der Waals surface area contributed by atoms with E-state index in [9.17, 15) is 14.4 Å². The molecule has 0 radical (unpaired) electrons. The SMILES string of the molecule is CON(C)C(=O)[C@H](CC1CC1)OC(=O)O[C@@H](CC1CC1)C(=O)N(C)OC. The standard InChI is InChI=1S/C17H28N2O7/c1-18(23-3)15(20)13(9-11-5-6-11)25-17(22)26-14(10-12-7-8-12)16(21)19(2)24-4/h11-14H,5-10H2,1-4H3/t13-,14-/m0/s1. The number of likely N-dealkylation sites (N-methyl/N-ethyl adjacent to an activating group) is 2. The lowest BCUT2D eigenvalue weighted by Gasteiger charge is -2.24. The molecule has 0 aromatic carbocycles. The van der Waals surface area contributed by atoms with Crippen LogP contribution in [0.15, 0.2) is 0 Å². The van der Waals surface area contributed by atoms with Crippen LogP contribution in [0, 0.1) is 11.8 Å². The number of amides is 2. The van der Waals surface area contributed by atoms with Crippen LogP contribution in [0.2, 0.25) is 0 Å². The predicted molar refractivity (Wildman–Crippen MR) is 89.4 cm³/mol. The maximum atomic E-state index is 12.3. The molecule has 2 rings (SSSR count). The van der Waals surface area contributed by atoms with Gasteiger partial charge in [0.15, 0.2) is 12.2 Å². The van der Waals surface area contributed by atoms with Gasteiger partial charge >= 0.3 is 6.16 Å². The summed E-state index contributed by atoms with van der Waals surface area (Å²) >= 11 is 0. The summed E-state index contributed by atoms with van der Waals surface area (Å²) in [5, 5.41) is 2.04. The molecule has 0 bridgehead atoms. The molecule has 148 valence electrons. The van der Waals surface area contributed by atoms with Gasteiger partial charge in [-0.25, -0.2) is 14.9 Å². The highest BCUT2D eigenvalue weighted by Gasteiger charge is 2.37. The molecule has 0 unspecified atom stereocenters. The summed E-state index contributed by atoms with van der Waals surface area (Å²) in [6.45, 7) is 0. The molecule has 9 heteroatoms. The van der Waals surface area contributed by atoms with Gasteiger partial charge in [0.05, 0.1) is 14.2 Å². The minimum absolute atomic E-state index is 0.352. The second-order valence-corrected chi connectivity index (χ2v) is 6.86. The molecule has 9 nitrogen and oxygen atoms in total. The summed E-state index contributed by atoms with van der Waals surface area (Å²) < 4.78 is 10.5. The Kier molecular flexibility index (Phi) is 7.22. The van der Waals surface area contributed by atoms with Gasteiger partial charge in [0.2, 0.25) is 0 Å². The number of hydroxylamine groups is 4. The van der Waals surface area contributed by atoms with Crippen molar-refractivity contribution in [2.24, 2.45) is 11.8 Å².